The van der Waals surface area contributed by atoms with Crippen molar-refractivity contribution < 1.29 is 9.90 Å². The van der Waals surface area contributed by atoms with Gasteiger partial charge in [0.05, 0.1) is 12.3 Å². The molecule has 1 atom stereocenters. The normalized spacial score (nSPS) is 22.7. The molecule has 1 amide bonds. The molecule has 3 heterocycles. The lowest BCUT2D eigenvalue weighted by Crippen LogP contribution is -2.44. The van der Waals surface area contributed by atoms with Crippen LogP contribution in [0.15, 0.2) is 12.3 Å². The second-order valence-corrected chi connectivity index (χ2v) is 4.21. The van der Waals surface area contributed by atoms with Gasteiger partial charge >= 0.3 is 0 Å². The molecule has 0 radical (unpaired) electrons. The third kappa shape index (κ3) is 1.28. The molecule has 2 aliphatic heterocycles. The average molecular weight is 219 g/mol. The highest BCUT2D eigenvalue weighted by Gasteiger charge is 2.37. The Bertz CT molecular complexity index is 447. The summed E-state index contributed by atoms with van der Waals surface area (Å²) in [4.78, 5) is 18.2. The standard InChI is InChI=1S/C11H13N3O2/c15-6-7-4-8-10(12-5-7)14-3-1-2-9(14)11(16)13-8/h4-5,9,15H,1-3,6H2,(H,13,16). The van der Waals surface area contributed by atoms with Crippen molar-refractivity contribution in [3.8, 4) is 0 Å². The van der Waals surface area contributed by atoms with E-state index in [0.717, 1.165) is 36.5 Å². The van der Waals surface area contributed by atoms with E-state index in [0.29, 0.717) is 0 Å². The van der Waals surface area contributed by atoms with E-state index in [2.05, 4.69) is 15.2 Å². The fourth-order valence-corrected chi connectivity index (χ4v) is 2.42. The van der Waals surface area contributed by atoms with Crippen LogP contribution in [0, 0.1) is 0 Å². The number of fused-ring (bicyclic) bond motifs is 3. The van der Waals surface area contributed by atoms with E-state index in [4.69, 9.17) is 5.11 Å². The Labute approximate surface area is 93.1 Å². The van der Waals surface area contributed by atoms with Crippen molar-refractivity contribution in [2.24, 2.45) is 0 Å². The number of carbonyl (C=O) groups excluding carboxylic acids is 1. The SMILES string of the molecule is O=C1Nc2cc(CO)cnc2N2CCCC12. The van der Waals surface area contributed by atoms with E-state index in [9.17, 15) is 4.79 Å². The minimum atomic E-state index is -0.0560. The molecule has 0 bridgehead atoms. The largest absolute Gasteiger partial charge is 0.392 e. The molecule has 0 saturated carbocycles. The van der Waals surface area contributed by atoms with Crippen molar-refractivity contribution in [1.29, 1.82) is 0 Å². The van der Waals surface area contributed by atoms with E-state index in [1.54, 1.807) is 12.3 Å². The quantitative estimate of drug-likeness (QED) is 0.721. The zero-order valence-corrected chi connectivity index (χ0v) is 8.81. The molecule has 1 unspecified atom stereocenters. The summed E-state index contributed by atoms with van der Waals surface area (Å²) in [5.74, 6) is 0.876. The average Bonchev–Trinajstić information content (AvgIpc) is 2.78. The molecule has 1 saturated heterocycles. The number of hydrogen-bond donors (Lipinski definition) is 2. The molecule has 2 aliphatic rings. The molecule has 84 valence electrons. The first kappa shape index (κ1) is 9.59. The van der Waals surface area contributed by atoms with Gasteiger partial charge in [-0.2, -0.15) is 0 Å². The molecule has 5 heteroatoms. The van der Waals surface area contributed by atoms with Gasteiger partial charge in [0.15, 0.2) is 5.82 Å². The summed E-state index contributed by atoms with van der Waals surface area (Å²) < 4.78 is 0. The molecular weight excluding hydrogens is 206 g/mol. The Kier molecular flexibility index (Phi) is 2.07. The first-order chi connectivity index (χ1) is 7.79. The van der Waals surface area contributed by atoms with E-state index in [-0.39, 0.29) is 18.6 Å². The van der Waals surface area contributed by atoms with E-state index in [1.807, 2.05) is 0 Å². The monoisotopic (exact) mass is 219 g/mol. The highest BCUT2D eigenvalue weighted by Crippen LogP contribution is 2.35. The molecule has 5 nitrogen and oxygen atoms in total. The van der Waals surface area contributed by atoms with Crippen molar-refractivity contribution in [1.82, 2.24) is 4.98 Å². The Morgan fingerprint density at radius 3 is 3.31 bits per heavy atom. The summed E-state index contributed by atoms with van der Waals surface area (Å²) in [6.07, 6.45) is 3.58. The Balaban J connectivity index is 2.06. The molecule has 1 fully saturated rings. The number of aliphatic hydroxyl groups is 1. The second-order valence-electron chi connectivity index (χ2n) is 4.21. The maximum atomic E-state index is 11.8. The minimum absolute atomic E-state index is 0.0434. The number of aromatic nitrogens is 1. The molecule has 0 spiro atoms. The number of rotatable bonds is 1. The first-order valence-electron chi connectivity index (χ1n) is 5.47. The highest BCUT2D eigenvalue weighted by molar-refractivity contribution is 6.03. The smallest absolute Gasteiger partial charge is 0.247 e. The van der Waals surface area contributed by atoms with Crippen molar-refractivity contribution >= 4 is 17.4 Å². The van der Waals surface area contributed by atoms with Gasteiger partial charge in [-0.25, -0.2) is 4.98 Å². The second kappa shape index (κ2) is 3.45. The van der Waals surface area contributed by atoms with Gasteiger partial charge in [0.2, 0.25) is 5.91 Å². The summed E-state index contributed by atoms with van der Waals surface area (Å²) in [7, 11) is 0. The van der Waals surface area contributed by atoms with Crippen LogP contribution in [0.25, 0.3) is 0 Å². The van der Waals surface area contributed by atoms with Crippen LogP contribution in [-0.2, 0) is 11.4 Å². The third-order valence-electron chi connectivity index (χ3n) is 3.19. The number of nitrogens with one attached hydrogen (secondary N) is 1. The van der Waals surface area contributed by atoms with E-state index >= 15 is 0 Å². The van der Waals surface area contributed by atoms with Gasteiger partial charge in [-0.05, 0) is 24.5 Å². The molecule has 16 heavy (non-hydrogen) atoms. The predicted molar refractivity (Wildman–Crippen MR) is 59.2 cm³/mol. The van der Waals surface area contributed by atoms with Crippen LogP contribution in [0.5, 0.6) is 0 Å². The van der Waals surface area contributed by atoms with Crippen LogP contribution in [0.2, 0.25) is 0 Å². The Morgan fingerprint density at radius 1 is 1.62 bits per heavy atom. The van der Waals surface area contributed by atoms with Crippen molar-refractivity contribution in [2.75, 3.05) is 16.8 Å². The molecule has 0 aliphatic carbocycles. The number of carbonyl (C=O) groups is 1. The maximum absolute atomic E-state index is 11.8. The lowest BCUT2D eigenvalue weighted by molar-refractivity contribution is -0.117. The summed E-state index contributed by atoms with van der Waals surface area (Å²) >= 11 is 0. The fraction of sp³-hybridized carbons (Fsp3) is 0.455. The molecule has 1 aromatic heterocycles. The summed E-state index contributed by atoms with van der Waals surface area (Å²) in [6, 6.07) is 1.73. The minimum Gasteiger partial charge on any atom is -0.392 e. The summed E-state index contributed by atoms with van der Waals surface area (Å²) in [6.45, 7) is 0.830. The molecule has 0 aromatic carbocycles. The number of nitrogens with zero attached hydrogens (tertiary/aromatic N) is 2. The van der Waals surface area contributed by atoms with E-state index < -0.39 is 0 Å². The number of aliphatic hydroxyl groups excluding tert-OH is 1. The Morgan fingerprint density at radius 2 is 2.50 bits per heavy atom. The molecular formula is C11H13N3O2. The van der Waals surface area contributed by atoms with Crippen LogP contribution < -0.4 is 10.2 Å². The van der Waals surface area contributed by atoms with Gasteiger partial charge in [-0.15, -0.1) is 0 Å². The van der Waals surface area contributed by atoms with Crippen molar-refractivity contribution in [3.63, 3.8) is 0 Å². The van der Waals surface area contributed by atoms with Crippen molar-refractivity contribution in [3.05, 3.63) is 17.8 Å². The van der Waals surface area contributed by atoms with Gasteiger partial charge in [0.25, 0.3) is 0 Å². The van der Waals surface area contributed by atoms with Gasteiger partial charge in [0, 0.05) is 12.7 Å². The lowest BCUT2D eigenvalue weighted by atomic mass is 10.1. The van der Waals surface area contributed by atoms with Crippen LogP contribution in [0.4, 0.5) is 11.5 Å². The number of hydrogen-bond acceptors (Lipinski definition) is 4. The van der Waals surface area contributed by atoms with Gasteiger partial charge in [0.1, 0.15) is 6.04 Å². The third-order valence-corrected chi connectivity index (χ3v) is 3.19. The predicted octanol–water partition coefficient (Wildman–Crippen LogP) is 0.495. The molecule has 1 aromatic rings. The summed E-state index contributed by atoms with van der Waals surface area (Å²) in [5.41, 5.74) is 1.44. The number of amides is 1. The van der Waals surface area contributed by atoms with Crippen molar-refractivity contribution in [2.45, 2.75) is 25.5 Å². The molecule has 3 rings (SSSR count). The number of pyridine rings is 1. The molecule has 2 N–H and O–H groups in total. The topological polar surface area (TPSA) is 65.5 Å². The summed E-state index contributed by atoms with van der Waals surface area (Å²) in [5, 5.41) is 11.9. The highest BCUT2D eigenvalue weighted by atomic mass is 16.3. The van der Waals surface area contributed by atoms with Gasteiger partial charge in [-0.1, -0.05) is 0 Å². The van der Waals surface area contributed by atoms with Crippen LogP contribution in [-0.4, -0.2) is 28.6 Å². The Hall–Kier alpha value is -1.62. The van der Waals surface area contributed by atoms with Crippen LogP contribution in [0.3, 0.4) is 0 Å². The maximum Gasteiger partial charge on any atom is 0.247 e. The van der Waals surface area contributed by atoms with Gasteiger partial charge < -0.3 is 15.3 Å². The van der Waals surface area contributed by atoms with Gasteiger partial charge in [-0.3, -0.25) is 4.79 Å². The zero-order chi connectivity index (χ0) is 11.1. The van der Waals surface area contributed by atoms with E-state index in [1.165, 1.54) is 0 Å². The number of anilines is 2. The van der Waals surface area contributed by atoms with Crippen LogP contribution >= 0.6 is 0 Å². The zero-order valence-electron chi connectivity index (χ0n) is 8.81. The first-order valence-corrected chi connectivity index (χ1v) is 5.47. The fourth-order valence-electron chi connectivity index (χ4n) is 2.42. The lowest BCUT2D eigenvalue weighted by Gasteiger charge is -2.31. The van der Waals surface area contributed by atoms with Crippen LogP contribution in [0.1, 0.15) is 18.4 Å².